The van der Waals surface area contributed by atoms with Crippen LogP contribution in [-0.2, 0) is 14.8 Å². The number of methoxy groups -OCH3 is 1. The van der Waals surface area contributed by atoms with Crippen molar-refractivity contribution in [1.29, 1.82) is 0 Å². The van der Waals surface area contributed by atoms with E-state index in [2.05, 4.69) is 11.3 Å². The molecule has 0 heterocycles. The van der Waals surface area contributed by atoms with E-state index in [0.29, 0.717) is 17.7 Å². The Morgan fingerprint density at radius 2 is 2.21 bits per heavy atom. The Hall–Kier alpha value is -1.40. The summed E-state index contributed by atoms with van der Waals surface area (Å²) in [6.45, 7) is 5.39. The summed E-state index contributed by atoms with van der Waals surface area (Å²) in [5.41, 5.74) is 1.94. The molecule has 0 spiro atoms. The molecule has 0 unspecified atom stereocenters. The Morgan fingerprint density at radius 3 is 2.79 bits per heavy atom. The van der Waals surface area contributed by atoms with Crippen LogP contribution in [0.3, 0.4) is 0 Å². The lowest BCUT2D eigenvalue weighted by molar-refractivity contribution is 0.416. The number of hydrogen-bond acceptors (Lipinski definition) is 4. The fourth-order valence-electron chi connectivity index (χ4n) is 1.49. The number of aryl methyl sites for hydroxylation is 1. The predicted octanol–water partition coefficient (Wildman–Crippen LogP) is 2.63. The van der Waals surface area contributed by atoms with Gasteiger partial charge >= 0.3 is 0 Å². The molecular formula is C13H17NO3S2. The lowest BCUT2D eigenvalue weighted by Gasteiger charge is -2.13. The molecule has 0 fully saturated rings. The van der Waals surface area contributed by atoms with E-state index in [0.717, 1.165) is 5.56 Å². The van der Waals surface area contributed by atoms with Gasteiger partial charge < -0.3 is 4.74 Å². The second-order valence-electron chi connectivity index (χ2n) is 4.04. The third kappa shape index (κ3) is 4.65. The van der Waals surface area contributed by atoms with Crippen molar-refractivity contribution in [2.45, 2.75) is 13.3 Å². The van der Waals surface area contributed by atoms with Crippen LogP contribution in [-0.4, -0.2) is 26.3 Å². The van der Waals surface area contributed by atoms with Gasteiger partial charge in [0.25, 0.3) is 0 Å². The lowest BCUT2D eigenvalue weighted by atomic mass is 10.1. The number of allylic oxidation sites excluding steroid dienone is 1. The van der Waals surface area contributed by atoms with Crippen LogP contribution >= 0.6 is 12.2 Å². The molecule has 0 aliphatic heterocycles. The number of benzene rings is 1. The molecule has 0 aliphatic rings. The lowest BCUT2D eigenvalue weighted by Crippen LogP contribution is -2.18. The van der Waals surface area contributed by atoms with Crippen molar-refractivity contribution < 1.29 is 13.2 Å². The molecule has 0 aliphatic carbocycles. The van der Waals surface area contributed by atoms with E-state index in [1.54, 1.807) is 18.2 Å². The summed E-state index contributed by atoms with van der Waals surface area (Å²) in [7, 11) is -1.96. The molecule has 6 heteroatoms. The Kier molecular flexibility index (Phi) is 5.50. The fourth-order valence-corrected chi connectivity index (χ4v) is 2.75. The normalized spacial score (nSPS) is 10.8. The summed E-state index contributed by atoms with van der Waals surface area (Å²) in [6, 6.07) is 5.32. The standard InChI is InChI=1S/C13H17NO3S2/c1-4-5-8-19(15,16)14-12-9-10(2)6-7-11(12)13(18)17-3/h4,6-7,9,14H,1,5,8H2,2-3H3. The van der Waals surface area contributed by atoms with Crippen molar-refractivity contribution >= 4 is 33.0 Å². The molecule has 19 heavy (non-hydrogen) atoms. The van der Waals surface area contributed by atoms with Gasteiger partial charge in [0.15, 0.2) is 5.05 Å². The third-order valence-electron chi connectivity index (χ3n) is 2.44. The first-order chi connectivity index (χ1) is 8.89. The number of anilines is 1. The van der Waals surface area contributed by atoms with E-state index in [-0.39, 0.29) is 10.8 Å². The Balaban J connectivity index is 3.08. The van der Waals surface area contributed by atoms with Crippen LogP contribution in [0.5, 0.6) is 0 Å². The Morgan fingerprint density at radius 1 is 1.53 bits per heavy atom. The van der Waals surface area contributed by atoms with Gasteiger partial charge in [-0.3, -0.25) is 4.72 Å². The third-order valence-corrected chi connectivity index (χ3v) is 4.13. The van der Waals surface area contributed by atoms with E-state index in [4.69, 9.17) is 17.0 Å². The highest BCUT2D eigenvalue weighted by atomic mass is 32.2. The maximum atomic E-state index is 11.9. The molecule has 4 nitrogen and oxygen atoms in total. The minimum Gasteiger partial charge on any atom is -0.486 e. The second-order valence-corrected chi connectivity index (χ2v) is 6.25. The van der Waals surface area contributed by atoms with Gasteiger partial charge in [-0.15, -0.1) is 6.58 Å². The molecule has 104 valence electrons. The molecule has 0 bridgehead atoms. The average Bonchev–Trinajstić information content (AvgIpc) is 2.35. The minimum absolute atomic E-state index is 0.0103. The van der Waals surface area contributed by atoms with Gasteiger partial charge in [-0.25, -0.2) is 8.42 Å². The summed E-state index contributed by atoms with van der Waals surface area (Å²) >= 11 is 5.06. The first kappa shape index (κ1) is 15.7. The molecule has 1 N–H and O–H groups in total. The molecule has 1 aromatic rings. The monoisotopic (exact) mass is 299 g/mol. The van der Waals surface area contributed by atoms with Crippen LogP contribution in [0, 0.1) is 6.92 Å². The zero-order valence-electron chi connectivity index (χ0n) is 11.0. The molecule has 1 aromatic carbocycles. The minimum atomic E-state index is -3.41. The quantitative estimate of drug-likeness (QED) is 0.648. The molecule has 0 atom stereocenters. The van der Waals surface area contributed by atoms with Gasteiger partial charge in [0, 0.05) is 0 Å². The molecule has 0 radical (unpaired) electrons. The molecule has 0 saturated heterocycles. The van der Waals surface area contributed by atoms with Gasteiger partial charge in [-0.1, -0.05) is 12.1 Å². The SMILES string of the molecule is C=CCCS(=O)(=O)Nc1cc(C)ccc1C(=S)OC. The van der Waals surface area contributed by atoms with Gasteiger partial charge in [0.1, 0.15) is 0 Å². The fraction of sp³-hybridized carbons (Fsp3) is 0.308. The van der Waals surface area contributed by atoms with E-state index >= 15 is 0 Å². The molecular weight excluding hydrogens is 282 g/mol. The second kappa shape index (κ2) is 6.68. The van der Waals surface area contributed by atoms with Crippen LogP contribution in [0.25, 0.3) is 0 Å². The van der Waals surface area contributed by atoms with Crippen LogP contribution < -0.4 is 4.72 Å². The van der Waals surface area contributed by atoms with E-state index < -0.39 is 10.0 Å². The summed E-state index contributed by atoms with van der Waals surface area (Å²) < 4.78 is 31.3. The van der Waals surface area contributed by atoms with Gasteiger partial charge in [0.2, 0.25) is 10.0 Å². The van der Waals surface area contributed by atoms with Crippen molar-refractivity contribution in [2.24, 2.45) is 0 Å². The molecule has 0 amide bonds. The van der Waals surface area contributed by atoms with Crippen LogP contribution in [0.4, 0.5) is 5.69 Å². The summed E-state index contributed by atoms with van der Waals surface area (Å²) in [5, 5.41) is 0.251. The molecule has 1 rings (SSSR count). The topological polar surface area (TPSA) is 55.4 Å². The highest BCUT2D eigenvalue weighted by molar-refractivity contribution is 7.92. The van der Waals surface area contributed by atoms with Crippen molar-refractivity contribution in [2.75, 3.05) is 17.6 Å². The van der Waals surface area contributed by atoms with Crippen molar-refractivity contribution in [3.05, 3.63) is 42.0 Å². The maximum Gasteiger partial charge on any atom is 0.233 e. The zero-order valence-corrected chi connectivity index (χ0v) is 12.6. The van der Waals surface area contributed by atoms with Crippen molar-refractivity contribution in [3.8, 4) is 0 Å². The summed E-state index contributed by atoms with van der Waals surface area (Å²) in [4.78, 5) is 0. The van der Waals surface area contributed by atoms with E-state index in [1.165, 1.54) is 7.11 Å². The average molecular weight is 299 g/mol. The number of thiocarbonyl (C=S) groups is 1. The number of rotatable bonds is 6. The predicted molar refractivity (Wildman–Crippen MR) is 82.1 cm³/mol. The van der Waals surface area contributed by atoms with Crippen molar-refractivity contribution in [3.63, 3.8) is 0 Å². The number of ether oxygens (including phenoxy) is 1. The van der Waals surface area contributed by atoms with Gasteiger partial charge in [0.05, 0.1) is 24.1 Å². The van der Waals surface area contributed by atoms with Gasteiger partial charge in [-0.05, 0) is 43.3 Å². The smallest absolute Gasteiger partial charge is 0.233 e. The Bertz CT molecular complexity index is 580. The number of nitrogens with one attached hydrogen (secondary N) is 1. The molecule has 0 saturated carbocycles. The van der Waals surface area contributed by atoms with Crippen LogP contribution in [0.1, 0.15) is 17.5 Å². The van der Waals surface area contributed by atoms with E-state index in [1.807, 2.05) is 13.0 Å². The zero-order chi connectivity index (χ0) is 14.5. The highest BCUT2D eigenvalue weighted by Crippen LogP contribution is 2.20. The van der Waals surface area contributed by atoms with E-state index in [9.17, 15) is 8.42 Å². The maximum absolute atomic E-state index is 11.9. The number of hydrogen-bond donors (Lipinski definition) is 1. The van der Waals surface area contributed by atoms with Crippen LogP contribution in [0.15, 0.2) is 30.9 Å². The first-order valence-electron chi connectivity index (χ1n) is 5.70. The highest BCUT2D eigenvalue weighted by Gasteiger charge is 2.14. The first-order valence-corrected chi connectivity index (χ1v) is 7.76. The largest absolute Gasteiger partial charge is 0.486 e. The Labute approximate surface area is 119 Å². The van der Waals surface area contributed by atoms with Gasteiger partial charge in [-0.2, -0.15) is 0 Å². The summed E-state index contributed by atoms with van der Waals surface area (Å²) in [5.74, 6) is -0.0103. The number of sulfonamides is 1. The molecule has 0 aromatic heterocycles. The van der Waals surface area contributed by atoms with Crippen molar-refractivity contribution in [1.82, 2.24) is 0 Å². The summed E-state index contributed by atoms with van der Waals surface area (Å²) in [6.07, 6.45) is 1.96. The van der Waals surface area contributed by atoms with Crippen LogP contribution in [0.2, 0.25) is 0 Å².